The average molecular weight is 245 g/mol. The molecule has 2 N–H and O–H groups in total. The first-order valence-corrected chi connectivity index (χ1v) is 5.49. The Morgan fingerprint density at radius 2 is 1.89 bits per heavy atom. The fraction of sp³-hybridized carbons (Fsp3) is 0.143. The van der Waals surface area contributed by atoms with Crippen molar-refractivity contribution in [3.8, 4) is 0 Å². The maximum atomic E-state index is 11.5. The zero-order chi connectivity index (χ0) is 13.5. The summed E-state index contributed by atoms with van der Waals surface area (Å²) < 4.78 is 0. The topological polar surface area (TPSA) is 66.4 Å². The van der Waals surface area contributed by atoms with Crippen LogP contribution >= 0.6 is 0 Å². The monoisotopic (exact) mass is 245 g/mol. The lowest BCUT2D eigenvalue weighted by Gasteiger charge is -2.09. The third-order valence-electron chi connectivity index (χ3n) is 2.42. The average Bonchev–Trinajstić information content (AvgIpc) is 2.36. The van der Waals surface area contributed by atoms with Crippen molar-refractivity contribution in [2.45, 2.75) is 13.8 Å². The Bertz CT molecular complexity index is 516. The molecule has 18 heavy (non-hydrogen) atoms. The predicted octanol–water partition coefficient (Wildman–Crippen LogP) is 2.69. The van der Waals surface area contributed by atoms with Crippen LogP contribution in [0.15, 0.2) is 42.5 Å². The first-order valence-electron chi connectivity index (χ1n) is 5.49. The molecule has 0 saturated carbocycles. The van der Waals surface area contributed by atoms with Gasteiger partial charge in [-0.3, -0.25) is 4.79 Å². The minimum atomic E-state index is -1.15. The van der Waals surface area contributed by atoms with Gasteiger partial charge in [0.25, 0.3) is 0 Å². The van der Waals surface area contributed by atoms with Crippen LogP contribution in [0.1, 0.15) is 19.4 Å². The van der Waals surface area contributed by atoms with Crippen molar-refractivity contribution in [2.75, 3.05) is 5.32 Å². The molecule has 0 saturated heterocycles. The van der Waals surface area contributed by atoms with E-state index in [9.17, 15) is 9.59 Å². The fourth-order valence-corrected chi connectivity index (χ4v) is 1.41. The SMILES string of the molecule is CC=C(C)c1ccccc1NC(=O)/C=C\C(=O)O. The fourth-order valence-electron chi connectivity index (χ4n) is 1.41. The standard InChI is InChI=1S/C14H15NO3/c1-3-10(2)11-6-4-5-7-12(11)15-13(16)8-9-14(17)18/h3-9H,1-2H3,(H,15,16)(H,17,18)/b9-8-,10-3?. The molecule has 4 nitrogen and oxygen atoms in total. The number of hydrogen-bond donors (Lipinski definition) is 2. The number of aliphatic carboxylic acids is 1. The van der Waals surface area contributed by atoms with E-state index in [1.165, 1.54) is 0 Å². The number of carbonyl (C=O) groups excluding carboxylic acids is 1. The van der Waals surface area contributed by atoms with Gasteiger partial charge in [0.15, 0.2) is 0 Å². The summed E-state index contributed by atoms with van der Waals surface area (Å²) in [5.74, 6) is -1.61. The Kier molecular flexibility index (Phi) is 4.87. The summed E-state index contributed by atoms with van der Waals surface area (Å²) in [7, 11) is 0. The van der Waals surface area contributed by atoms with Crippen molar-refractivity contribution in [1.82, 2.24) is 0 Å². The predicted molar refractivity (Wildman–Crippen MR) is 71.2 cm³/mol. The molecule has 0 aliphatic carbocycles. The van der Waals surface area contributed by atoms with E-state index in [1.54, 1.807) is 6.07 Å². The van der Waals surface area contributed by atoms with Gasteiger partial charge >= 0.3 is 5.97 Å². The van der Waals surface area contributed by atoms with Crippen LogP contribution < -0.4 is 5.32 Å². The molecule has 1 amide bonds. The zero-order valence-electron chi connectivity index (χ0n) is 10.3. The van der Waals surface area contributed by atoms with E-state index in [4.69, 9.17) is 5.11 Å². The van der Waals surface area contributed by atoms with E-state index >= 15 is 0 Å². The van der Waals surface area contributed by atoms with Crippen LogP contribution in [0.25, 0.3) is 5.57 Å². The molecule has 4 heteroatoms. The van der Waals surface area contributed by atoms with Crippen molar-refractivity contribution in [1.29, 1.82) is 0 Å². The van der Waals surface area contributed by atoms with Crippen molar-refractivity contribution in [3.63, 3.8) is 0 Å². The van der Waals surface area contributed by atoms with E-state index in [-0.39, 0.29) is 0 Å². The molecule has 0 aliphatic rings. The number of allylic oxidation sites excluding steroid dienone is 2. The van der Waals surface area contributed by atoms with E-state index < -0.39 is 11.9 Å². The van der Waals surface area contributed by atoms with Gasteiger partial charge in [0.05, 0.1) is 0 Å². The van der Waals surface area contributed by atoms with Gasteiger partial charge in [0.1, 0.15) is 0 Å². The molecule has 0 atom stereocenters. The number of para-hydroxylation sites is 1. The molecule has 1 aromatic rings. The van der Waals surface area contributed by atoms with E-state index in [1.807, 2.05) is 38.1 Å². The normalized spacial score (nSPS) is 11.6. The maximum absolute atomic E-state index is 11.5. The molecule has 94 valence electrons. The quantitative estimate of drug-likeness (QED) is 0.801. The Hall–Kier alpha value is -2.36. The number of amides is 1. The molecule has 0 bridgehead atoms. The van der Waals surface area contributed by atoms with E-state index in [0.29, 0.717) is 5.69 Å². The third-order valence-corrected chi connectivity index (χ3v) is 2.42. The van der Waals surface area contributed by atoms with E-state index in [2.05, 4.69) is 5.32 Å². The van der Waals surface area contributed by atoms with Crippen LogP contribution in [0.3, 0.4) is 0 Å². The highest BCUT2D eigenvalue weighted by atomic mass is 16.4. The minimum Gasteiger partial charge on any atom is -0.478 e. The number of hydrogen-bond acceptors (Lipinski definition) is 2. The molecule has 0 aromatic heterocycles. The van der Waals surface area contributed by atoms with Gasteiger partial charge in [0.2, 0.25) is 5.91 Å². The lowest BCUT2D eigenvalue weighted by Crippen LogP contribution is -2.10. The Balaban J connectivity index is 2.91. The van der Waals surface area contributed by atoms with Crippen molar-refractivity contribution in [2.24, 2.45) is 0 Å². The highest BCUT2D eigenvalue weighted by molar-refractivity contribution is 6.03. The van der Waals surface area contributed by atoms with Crippen molar-refractivity contribution in [3.05, 3.63) is 48.1 Å². The van der Waals surface area contributed by atoms with Gasteiger partial charge in [-0.2, -0.15) is 0 Å². The van der Waals surface area contributed by atoms with Gasteiger partial charge in [0, 0.05) is 23.4 Å². The summed E-state index contributed by atoms with van der Waals surface area (Å²) in [5, 5.41) is 11.1. The summed E-state index contributed by atoms with van der Waals surface area (Å²) in [6.07, 6.45) is 3.74. The number of anilines is 1. The van der Waals surface area contributed by atoms with Crippen LogP contribution in [-0.4, -0.2) is 17.0 Å². The number of nitrogens with one attached hydrogen (secondary N) is 1. The molecule has 0 spiro atoms. The van der Waals surface area contributed by atoms with Gasteiger partial charge < -0.3 is 10.4 Å². The van der Waals surface area contributed by atoms with Gasteiger partial charge in [-0.15, -0.1) is 0 Å². The lowest BCUT2D eigenvalue weighted by molar-refractivity contribution is -0.131. The van der Waals surface area contributed by atoms with Gasteiger partial charge in [-0.25, -0.2) is 4.79 Å². The van der Waals surface area contributed by atoms with Gasteiger partial charge in [-0.05, 0) is 25.5 Å². The lowest BCUT2D eigenvalue weighted by atomic mass is 10.1. The second-order valence-corrected chi connectivity index (χ2v) is 3.68. The Morgan fingerprint density at radius 1 is 1.22 bits per heavy atom. The Labute approximate surface area is 106 Å². The van der Waals surface area contributed by atoms with Crippen molar-refractivity contribution >= 4 is 23.1 Å². The van der Waals surface area contributed by atoms with E-state index in [0.717, 1.165) is 23.3 Å². The molecular weight excluding hydrogens is 230 g/mol. The van der Waals surface area contributed by atoms with Crippen LogP contribution in [0.4, 0.5) is 5.69 Å². The smallest absolute Gasteiger partial charge is 0.328 e. The van der Waals surface area contributed by atoms with Crippen LogP contribution in [0.2, 0.25) is 0 Å². The summed E-state index contributed by atoms with van der Waals surface area (Å²) in [4.78, 5) is 21.8. The molecule has 0 aliphatic heterocycles. The number of benzene rings is 1. The third kappa shape index (κ3) is 3.90. The Morgan fingerprint density at radius 3 is 2.50 bits per heavy atom. The van der Waals surface area contributed by atoms with Crippen LogP contribution in [0, 0.1) is 0 Å². The molecular formula is C14H15NO3. The van der Waals surface area contributed by atoms with Gasteiger partial charge in [-0.1, -0.05) is 24.3 Å². The summed E-state index contributed by atoms with van der Waals surface area (Å²) in [5.41, 5.74) is 2.61. The summed E-state index contributed by atoms with van der Waals surface area (Å²) in [6, 6.07) is 7.36. The first-order chi connectivity index (χ1) is 8.54. The molecule has 1 aromatic carbocycles. The molecule has 0 heterocycles. The molecule has 0 radical (unpaired) electrons. The first kappa shape index (κ1) is 13.7. The maximum Gasteiger partial charge on any atom is 0.328 e. The number of carboxylic acids is 1. The number of carboxylic acid groups (broad SMARTS) is 1. The number of carbonyl (C=O) groups is 2. The largest absolute Gasteiger partial charge is 0.478 e. The highest BCUT2D eigenvalue weighted by Crippen LogP contribution is 2.23. The summed E-state index contributed by atoms with van der Waals surface area (Å²) in [6.45, 7) is 3.86. The second-order valence-electron chi connectivity index (χ2n) is 3.68. The molecule has 1 rings (SSSR count). The van der Waals surface area contributed by atoms with Crippen LogP contribution in [0.5, 0.6) is 0 Å². The highest BCUT2D eigenvalue weighted by Gasteiger charge is 2.05. The molecule has 0 fully saturated rings. The van der Waals surface area contributed by atoms with Crippen molar-refractivity contribution < 1.29 is 14.7 Å². The zero-order valence-corrected chi connectivity index (χ0v) is 10.3. The number of rotatable bonds is 4. The minimum absolute atomic E-state index is 0.464. The second kappa shape index (κ2) is 6.39. The van der Waals surface area contributed by atoms with Crippen LogP contribution in [-0.2, 0) is 9.59 Å². The molecule has 0 unspecified atom stereocenters. The summed E-state index contributed by atoms with van der Waals surface area (Å²) >= 11 is 0.